The van der Waals surface area contributed by atoms with E-state index in [4.69, 9.17) is 4.74 Å². The number of esters is 1. The van der Waals surface area contributed by atoms with Crippen molar-refractivity contribution in [2.45, 2.75) is 39.5 Å². The molecular weight excluding hydrogens is 362 g/mol. The van der Waals surface area contributed by atoms with E-state index in [0.717, 1.165) is 22.5 Å². The molecule has 29 heavy (non-hydrogen) atoms. The number of allylic oxidation sites excluding steroid dienone is 2. The van der Waals surface area contributed by atoms with Gasteiger partial charge in [-0.15, -0.1) is 0 Å². The molecule has 1 aliphatic heterocycles. The summed E-state index contributed by atoms with van der Waals surface area (Å²) in [6.07, 6.45) is 0. The van der Waals surface area contributed by atoms with Crippen LogP contribution in [0.15, 0.2) is 65.4 Å². The standard InChI is InChI=1S/C25H25NO3/c1-5-29-25(28)20-15(4)26-23-18-8-6-7-9-19(18)24(27)22(23)21(20)17-12-10-16(11-13-17)14(2)3/h6-14,21,26H,5H2,1-4H3/t21-/m1/s1. The summed E-state index contributed by atoms with van der Waals surface area (Å²) in [5, 5.41) is 3.32. The van der Waals surface area contributed by atoms with Gasteiger partial charge in [0.15, 0.2) is 5.78 Å². The summed E-state index contributed by atoms with van der Waals surface area (Å²) in [7, 11) is 0. The van der Waals surface area contributed by atoms with Crippen molar-refractivity contribution >= 4 is 17.4 Å². The summed E-state index contributed by atoms with van der Waals surface area (Å²) in [6.45, 7) is 8.24. The highest BCUT2D eigenvalue weighted by Crippen LogP contribution is 2.46. The van der Waals surface area contributed by atoms with Gasteiger partial charge in [0.25, 0.3) is 0 Å². The van der Waals surface area contributed by atoms with Gasteiger partial charge in [-0.2, -0.15) is 0 Å². The number of fused-ring (bicyclic) bond motifs is 2. The van der Waals surface area contributed by atoms with Crippen LogP contribution in [-0.4, -0.2) is 18.4 Å². The number of ether oxygens (including phenoxy) is 1. The Bertz CT molecular complexity index is 1060. The van der Waals surface area contributed by atoms with Gasteiger partial charge in [0.2, 0.25) is 0 Å². The lowest BCUT2D eigenvalue weighted by molar-refractivity contribution is -0.138. The predicted molar refractivity (Wildman–Crippen MR) is 113 cm³/mol. The lowest BCUT2D eigenvalue weighted by Gasteiger charge is -2.29. The Kier molecular flexibility index (Phi) is 4.87. The normalized spacial score (nSPS) is 18.0. The van der Waals surface area contributed by atoms with E-state index < -0.39 is 5.92 Å². The molecule has 2 aliphatic rings. The molecule has 2 aromatic rings. The molecule has 1 N–H and O–H groups in total. The molecule has 0 saturated carbocycles. The first-order chi connectivity index (χ1) is 13.9. The second-order valence-corrected chi connectivity index (χ2v) is 7.80. The number of ketones is 1. The number of Topliss-reactive ketones (excluding diaryl/α,β-unsaturated/α-hetero) is 1. The molecule has 4 rings (SSSR count). The fraction of sp³-hybridized carbons (Fsp3) is 0.280. The Labute approximate surface area is 171 Å². The van der Waals surface area contributed by atoms with Crippen LogP contribution in [0.3, 0.4) is 0 Å². The van der Waals surface area contributed by atoms with Gasteiger partial charge in [0.05, 0.1) is 17.9 Å². The fourth-order valence-corrected chi connectivity index (χ4v) is 4.22. The highest BCUT2D eigenvalue weighted by molar-refractivity contribution is 6.23. The van der Waals surface area contributed by atoms with E-state index in [1.807, 2.05) is 43.3 Å². The van der Waals surface area contributed by atoms with Crippen LogP contribution in [0.25, 0.3) is 5.70 Å². The van der Waals surface area contributed by atoms with Crippen LogP contribution in [0.5, 0.6) is 0 Å². The zero-order chi connectivity index (χ0) is 20.7. The first-order valence-electron chi connectivity index (χ1n) is 10.1. The molecule has 2 aromatic carbocycles. The average Bonchev–Trinajstić information content (AvgIpc) is 2.99. The van der Waals surface area contributed by atoms with Crippen LogP contribution in [0.2, 0.25) is 0 Å². The van der Waals surface area contributed by atoms with Gasteiger partial charge in [-0.05, 0) is 30.9 Å². The number of carbonyl (C=O) groups is 2. The molecule has 0 spiro atoms. The minimum atomic E-state index is -0.452. The molecule has 0 fully saturated rings. The molecule has 4 nitrogen and oxygen atoms in total. The van der Waals surface area contributed by atoms with Crippen molar-refractivity contribution in [3.63, 3.8) is 0 Å². The van der Waals surface area contributed by atoms with Crippen LogP contribution in [0.1, 0.15) is 66.6 Å². The Morgan fingerprint density at radius 2 is 1.72 bits per heavy atom. The third-order valence-electron chi connectivity index (χ3n) is 5.68. The first-order valence-corrected chi connectivity index (χ1v) is 10.1. The highest BCUT2D eigenvalue weighted by atomic mass is 16.5. The van der Waals surface area contributed by atoms with Gasteiger partial charge in [0, 0.05) is 28.3 Å². The van der Waals surface area contributed by atoms with Crippen LogP contribution in [0.4, 0.5) is 0 Å². The van der Waals surface area contributed by atoms with Crippen molar-refractivity contribution in [2.75, 3.05) is 6.61 Å². The third-order valence-corrected chi connectivity index (χ3v) is 5.68. The summed E-state index contributed by atoms with van der Waals surface area (Å²) < 4.78 is 5.36. The fourth-order valence-electron chi connectivity index (χ4n) is 4.22. The smallest absolute Gasteiger partial charge is 0.336 e. The number of dihydropyridines is 1. The van der Waals surface area contributed by atoms with E-state index in [1.54, 1.807) is 6.92 Å². The number of rotatable bonds is 4. The van der Waals surface area contributed by atoms with E-state index in [1.165, 1.54) is 5.56 Å². The van der Waals surface area contributed by atoms with Crippen LogP contribution in [-0.2, 0) is 9.53 Å². The number of hydrogen-bond acceptors (Lipinski definition) is 4. The van der Waals surface area contributed by atoms with Gasteiger partial charge in [-0.25, -0.2) is 4.79 Å². The summed E-state index contributed by atoms with van der Waals surface area (Å²) in [5.74, 6) is -0.460. The molecule has 1 aliphatic carbocycles. The summed E-state index contributed by atoms with van der Waals surface area (Å²) in [5.41, 5.74) is 6.36. The molecule has 0 amide bonds. The molecule has 1 heterocycles. The third kappa shape index (κ3) is 3.09. The topological polar surface area (TPSA) is 55.4 Å². The maximum atomic E-state index is 13.3. The second-order valence-electron chi connectivity index (χ2n) is 7.80. The highest BCUT2D eigenvalue weighted by Gasteiger charge is 2.42. The zero-order valence-corrected chi connectivity index (χ0v) is 17.2. The Morgan fingerprint density at radius 3 is 2.34 bits per heavy atom. The van der Waals surface area contributed by atoms with E-state index in [9.17, 15) is 9.59 Å². The monoisotopic (exact) mass is 387 g/mol. The SMILES string of the molecule is CCOC(=O)C1=C(C)NC2=C(C(=O)c3ccccc32)[C@@H]1c1ccc(C(C)C)cc1. The van der Waals surface area contributed by atoms with Gasteiger partial charge in [-0.3, -0.25) is 4.79 Å². The van der Waals surface area contributed by atoms with Crippen molar-refractivity contribution in [1.82, 2.24) is 5.32 Å². The summed E-state index contributed by atoms with van der Waals surface area (Å²) in [4.78, 5) is 26.2. The van der Waals surface area contributed by atoms with Crippen molar-refractivity contribution in [1.29, 1.82) is 0 Å². The van der Waals surface area contributed by atoms with Gasteiger partial charge >= 0.3 is 5.97 Å². The number of carbonyl (C=O) groups excluding carboxylic acids is 2. The van der Waals surface area contributed by atoms with E-state index in [2.05, 4.69) is 31.3 Å². The predicted octanol–water partition coefficient (Wildman–Crippen LogP) is 4.94. The van der Waals surface area contributed by atoms with Crippen LogP contribution >= 0.6 is 0 Å². The number of benzene rings is 2. The molecule has 148 valence electrons. The van der Waals surface area contributed by atoms with Crippen molar-refractivity contribution < 1.29 is 14.3 Å². The van der Waals surface area contributed by atoms with Gasteiger partial charge in [-0.1, -0.05) is 62.4 Å². The molecule has 0 aromatic heterocycles. The van der Waals surface area contributed by atoms with E-state index in [-0.39, 0.29) is 18.4 Å². The number of nitrogens with one attached hydrogen (secondary N) is 1. The lowest BCUT2D eigenvalue weighted by atomic mass is 9.79. The average molecular weight is 387 g/mol. The molecule has 0 unspecified atom stereocenters. The Morgan fingerprint density at radius 1 is 1.07 bits per heavy atom. The van der Waals surface area contributed by atoms with Crippen LogP contribution < -0.4 is 5.32 Å². The minimum absolute atomic E-state index is 0.0321. The molecule has 1 atom stereocenters. The van der Waals surface area contributed by atoms with E-state index >= 15 is 0 Å². The zero-order valence-electron chi connectivity index (χ0n) is 17.2. The molecule has 0 saturated heterocycles. The molecule has 4 heteroatoms. The lowest BCUT2D eigenvalue weighted by Crippen LogP contribution is -2.29. The Hall–Kier alpha value is -3.14. The summed E-state index contributed by atoms with van der Waals surface area (Å²) >= 11 is 0. The molecule has 0 radical (unpaired) electrons. The Balaban J connectivity index is 1.89. The van der Waals surface area contributed by atoms with Gasteiger partial charge in [0.1, 0.15) is 0 Å². The summed E-state index contributed by atoms with van der Waals surface area (Å²) in [6, 6.07) is 15.8. The number of hydrogen-bond donors (Lipinski definition) is 1. The second kappa shape index (κ2) is 7.36. The van der Waals surface area contributed by atoms with Crippen molar-refractivity contribution in [3.8, 4) is 0 Å². The maximum absolute atomic E-state index is 13.3. The van der Waals surface area contributed by atoms with Crippen LogP contribution in [0, 0.1) is 0 Å². The largest absolute Gasteiger partial charge is 0.463 e. The maximum Gasteiger partial charge on any atom is 0.336 e. The van der Waals surface area contributed by atoms with Gasteiger partial charge < -0.3 is 10.1 Å². The van der Waals surface area contributed by atoms with Crippen molar-refractivity contribution in [3.05, 3.63) is 87.6 Å². The minimum Gasteiger partial charge on any atom is -0.463 e. The molecule has 0 bridgehead atoms. The first kappa shape index (κ1) is 19.2. The molecular formula is C25H25NO3. The quantitative estimate of drug-likeness (QED) is 0.755. The van der Waals surface area contributed by atoms with Crippen molar-refractivity contribution in [2.24, 2.45) is 0 Å². The van der Waals surface area contributed by atoms with E-state index in [0.29, 0.717) is 22.6 Å².